The number of carboxylic acid groups (broad SMARTS) is 1. The van der Waals surface area contributed by atoms with Crippen LogP contribution in [0.15, 0.2) is 6.20 Å². The molecule has 0 unspecified atom stereocenters. The fourth-order valence-electron chi connectivity index (χ4n) is 1.87. The van der Waals surface area contributed by atoms with E-state index in [1.807, 2.05) is 6.92 Å². The standard InChI is InChI=1S/C12H16N2O3S/c1-3-9-13-6-8(18-9)10(15)14-12(2,11(16)17)7-4-5-7/h6-7H,3-5H2,1-2H3,(H,14,15)(H,16,17)/t12-/m0/s1. The number of hydrogen-bond acceptors (Lipinski definition) is 4. The Kier molecular flexibility index (Phi) is 3.38. The minimum Gasteiger partial charge on any atom is -0.480 e. The molecule has 2 rings (SSSR count). The van der Waals surface area contributed by atoms with E-state index in [9.17, 15) is 14.7 Å². The first-order chi connectivity index (χ1) is 8.47. The highest BCUT2D eigenvalue weighted by Gasteiger charge is 2.48. The molecule has 0 bridgehead atoms. The third kappa shape index (κ3) is 2.38. The molecule has 6 heteroatoms. The van der Waals surface area contributed by atoms with E-state index in [1.165, 1.54) is 17.5 Å². The van der Waals surface area contributed by atoms with Gasteiger partial charge in [-0.2, -0.15) is 0 Å². The van der Waals surface area contributed by atoms with Crippen molar-refractivity contribution in [1.29, 1.82) is 0 Å². The van der Waals surface area contributed by atoms with Gasteiger partial charge in [0.1, 0.15) is 10.4 Å². The number of aromatic nitrogens is 1. The van der Waals surface area contributed by atoms with Crippen molar-refractivity contribution < 1.29 is 14.7 Å². The number of nitrogens with one attached hydrogen (secondary N) is 1. The Bertz CT molecular complexity index is 481. The summed E-state index contributed by atoms with van der Waals surface area (Å²) < 4.78 is 0. The van der Waals surface area contributed by atoms with Crippen molar-refractivity contribution in [3.63, 3.8) is 0 Å². The van der Waals surface area contributed by atoms with Gasteiger partial charge < -0.3 is 10.4 Å². The van der Waals surface area contributed by atoms with Gasteiger partial charge in [0, 0.05) is 0 Å². The van der Waals surface area contributed by atoms with E-state index in [0.29, 0.717) is 4.88 Å². The number of thiazole rings is 1. The zero-order chi connectivity index (χ0) is 13.3. The van der Waals surface area contributed by atoms with Crippen LogP contribution in [0.3, 0.4) is 0 Å². The van der Waals surface area contributed by atoms with Gasteiger partial charge in [0.15, 0.2) is 0 Å². The SMILES string of the molecule is CCc1ncc(C(=O)N[C@](C)(C(=O)O)C2CC2)s1. The molecule has 1 aliphatic carbocycles. The van der Waals surface area contributed by atoms with Crippen LogP contribution < -0.4 is 5.32 Å². The van der Waals surface area contributed by atoms with Crippen molar-refractivity contribution >= 4 is 23.2 Å². The Morgan fingerprint density at radius 3 is 2.72 bits per heavy atom. The fourth-order valence-corrected chi connectivity index (χ4v) is 2.62. The Balaban J connectivity index is 2.12. The maximum Gasteiger partial charge on any atom is 0.329 e. The van der Waals surface area contributed by atoms with E-state index >= 15 is 0 Å². The quantitative estimate of drug-likeness (QED) is 0.851. The Hall–Kier alpha value is -1.43. The number of carbonyl (C=O) groups is 2. The van der Waals surface area contributed by atoms with Gasteiger partial charge in [0.25, 0.3) is 5.91 Å². The number of nitrogens with zero attached hydrogens (tertiary/aromatic N) is 1. The number of carboxylic acids is 1. The largest absolute Gasteiger partial charge is 0.480 e. The third-order valence-corrected chi connectivity index (χ3v) is 4.43. The van der Waals surface area contributed by atoms with Crippen molar-refractivity contribution in [2.45, 2.75) is 38.6 Å². The summed E-state index contributed by atoms with van der Waals surface area (Å²) in [5.74, 6) is -1.28. The minimum absolute atomic E-state index is 0.0394. The smallest absolute Gasteiger partial charge is 0.329 e. The van der Waals surface area contributed by atoms with Crippen LogP contribution in [0.5, 0.6) is 0 Å². The summed E-state index contributed by atoms with van der Waals surface area (Å²) in [5.41, 5.74) is -1.16. The molecular formula is C12H16N2O3S. The predicted molar refractivity (Wildman–Crippen MR) is 67.7 cm³/mol. The minimum atomic E-state index is -1.16. The van der Waals surface area contributed by atoms with Crippen molar-refractivity contribution in [3.8, 4) is 0 Å². The molecule has 1 aromatic rings. The second-order valence-corrected chi connectivity index (χ2v) is 5.82. The number of carbonyl (C=O) groups excluding carboxylic acids is 1. The average Bonchev–Trinajstić information content (AvgIpc) is 3.07. The van der Waals surface area contributed by atoms with Gasteiger partial charge in [-0.1, -0.05) is 6.92 Å². The van der Waals surface area contributed by atoms with E-state index < -0.39 is 11.5 Å². The molecule has 5 nitrogen and oxygen atoms in total. The zero-order valence-electron chi connectivity index (χ0n) is 10.4. The van der Waals surface area contributed by atoms with Crippen LogP contribution in [0.4, 0.5) is 0 Å². The molecule has 1 aliphatic rings. The van der Waals surface area contributed by atoms with Crippen LogP contribution in [0, 0.1) is 5.92 Å². The molecule has 0 saturated heterocycles. The van der Waals surface area contributed by atoms with E-state index in [1.54, 1.807) is 6.92 Å². The second-order valence-electron chi connectivity index (χ2n) is 4.71. The number of aliphatic carboxylic acids is 1. The summed E-state index contributed by atoms with van der Waals surface area (Å²) in [4.78, 5) is 27.9. The molecule has 1 heterocycles. The number of rotatable bonds is 5. The van der Waals surface area contributed by atoms with Crippen LogP contribution >= 0.6 is 11.3 Å². The summed E-state index contributed by atoms with van der Waals surface area (Å²) >= 11 is 1.31. The Morgan fingerprint density at radius 1 is 1.61 bits per heavy atom. The van der Waals surface area contributed by atoms with Gasteiger partial charge in [-0.05, 0) is 32.1 Å². The first kappa shape index (κ1) is 13.0. The molecular weight excluding hydrogens is 252 g/mol. The van der Waals surface area contributed by atoms with Gasteiger partial charge in [-0.25, -0.2) is 9.78 Å². The van der Waals surface area contributed by atoms with Gasteiger partial charge in [-0.3, -0.25) is 4.79 Å². The van der Waals surface area contributed by atoms with Gasteiger partial charge in [-0.15, -0.1) is 11.3 Å². The first-order valence-electron chi connectivity index (χ1n) is 5.98. The maximum absolute atomic E-state index is 12.0. The average molecular weight is 268 g/mol. The summed E-state index contributed by atoms with van der Waals surface area (Å²) in [5, 5.41) is 12.8. The molecule has 1 aromatic heterocycles. The molecule has 2 N–H and O–H groups in total. The van der Waals surface area contributed by atoms with Crippen LogP contribution in [0.1, 0.15) is 41.4 Å². The molecule has 98 valence electrons. The van der Waals surface area contributed by atoms with Crippen LogP contribution in [0.2, 0.25) is 0 Å². The maximum atomic E-state index is 12.0. The summed E-state index contributed by atoms with van der Waals surface area (Å²) in [7, 11) is 0. The number of amides is 1. The van der Waals surface area contributed by atoms with Gasteiger partial charge in [0.05, 0.1) is 11.2 Å². The topological polar surface area (TPSA) is 79.3 Å². The van der Waals surface area contributed by atoms with E-state index in [-0.39, 0.29) is 11.8 Å². The van der Waals surface area contributed by atoms with E-state index in [4.69, 9.17) is 0 Å². The van der Waals surface area contributed by atoms with E-state index in [0.717, 1.165) is 24.3 Å². The highest BCUT2D eigenvalue weighted by Crippen LogP contribution is 2.40. The molecule has 0 spiro atoms. The molecule has 0 aliphatic heterocycles. The monoisotopic (exact) mass is 268 g/mol. The van der Waals surface area contributed by atoms with Crippen molar-refractivity contribution in [2.24, 2.45) is 5.92 Å². The van der Waals surface area contributed by atoms with Crippen LogP contribution in [-0.4, -0.2) is 27.5 Å². The first-order valence-corrected chi connectivity index (χ1v) is 6.79. The zero-order valence-corrected chi connectivity index (χ0v) is 11.2. The lowest BCUT2D eigenvalue weighted by Gasteiger charge is -2.25. The highest BCUT2D eigenvalue weighted by molar-refractivity contribution is 7.13. The highest BCUT2D eigenvalue weighted by atomic mass is 32.1. The molecule has 18 heavy (non-hydrogen) atoms. The lowest BCUT2D eigenvalue weighted by atomic mass is 9.96. The molecule has 1 amide bonds. The number of aryl methyl sites for hydroxylation is 1. The van der Waals surface area contributed by atoms with Gasteiger partial charge >= 0.3 is 5.97 Å². The summed E-state index contributed by atoms with van der Waals surface area (Å²) in [6.07, 6.45) is 3.99. The summed E-state index contributed by atoms with van der Waals surface area (Å²) in [6.45, 7) is 3.54. The second kappa shape index (κ2) is 4.68. The van der Waals surface area contributed by atoms with Crippen molar-refractivity contribution in [3.05, 3.63) is 16.1 Å². The normalized spacial score (nSPS) is 18.1. The molecule has 1 fully saturated rings. The van der Waals surface area contributed by atoms with Crippen molar-refractivity contribution in [1.82, 2.24) is 10.3 Å². The molecule has 1 atom stereocenters. The van der Waals surface area contributed by atoms with E-state index in [2.05, 4.69) is 10.3 Å². The Labute approximate surface area is 109 Å². The lowest BCUT2D eigenvalue weighted by molar-refractivity contribution is -0.144. The van der Waals surface area contributed by atoms with Crippen LogP contribution in [0.25, 0.3) is 0 Å². The molecule has 0 aromatic carbocycles. The third-order valence-electron chi connectivity index (χ3n) is 3.29. The summed E-state index contributed by atoms with van der Waals surface area (Å²) in [6, 6.07) is 0. The van der Waals surface area contributed by atoms with Gasteiger partial charge in [0.2, 0.25) is 0 Å². The Morgan fingerprint density at radius 2 is 2.28 bits per heavy atom. The predicted octanol–water partition coefficient (Wildman–Crippen LogP) is 1.69. The molecule has 0 radical (unpaired) electrons. The lowest BCUT2D eigenvalue weighted by Crippen LogP contribution is -2.53. The number of hydrogen-bond donors (Lipinski definition) is 2. The molecule has 1 saturated carbocycles. The van der Waals surface area contributed by atoms with Crippen molar-refractivity contribution in [2.75, 3.05) is 0 Å². The fraction of sp³-hybridized carbons (Fsp3) is 0.583. The van der Waals surface area contributed by atoms with Crippen LogP contribution in [-0.2, 0) is 11.2 Å².